The average Bonchev–Trinajstić information content (AvgIpc) is 2.95. The van der Waals surface area contributed by atoms with Gasteiger partial charge in [-0.05, 0) is 63.2 Å². The zero-order valence-corrected chi connectivity index (χ0v) is 11.9. The molecule has 2 aliphatic rings. The van der Waals surface area contributed by atoms with Crippen molar-refractivity contribution < 1.29 is 0 Å². The molecule has 1 aromatic rings. The van der Waals surface area contributed by atoms with Gasteiger partial charge >= 0.3 is 0 Å². The summed E-state index contributed by atoms with van der Waals surface area (Å²) in [7, 11) is 0. The van der Waals surface area contributed by atoms with Crippen molar-refractivity contribution in [1.82, 2.24) is 10.2 Å². The van der Waals surface area contributed by atoms with Crippen LogP contribution in [0.3, 0.4) is 0 Å². The van der Waals surface area contributed by atoms with Gasteiger partial charge in [-0.25, -0.2) is 0 Å². The molecule has 0 bridgehead atoms. The number of nitrogens with one attached hydrogen (secondary N) is 1. The monoisotopic (exact) mass is 258 g/mol. The second kappa shape index (κ2) is 6.53. The number of benzene rings is 1. The van der Waals surface area contributed by atoms with Crippen LogP contribution in [0.4, 0.5) is 0 Å². The lowest BCUT2D eigenvalue weighted by Crippen LogP contribution is -2.42. The Balaban J connectivity index is 1.41. The summed E-state index contributed by atoms with van der Waals surface area (Å²) in [6, 6.07) is 11.8. The first-order valence-electron chi connectivity index (χ1n) is 7.90. The van der Waals surface area contributed by atoms with E-state index in [9.17, 15) is 0 Å². The average molecular weight is 258 g/mol. The Kier molecular flexibility index (Phi) is 4.52. The predicted octanol–water partition coefficient (Wildman–Crippen LogP) is 2.69. The highest BCUT2D eigenvalue weighted by molar-refractivity contribution is 5.15. The van der Waals surface area contributed by atoms with Crippen LogP contribution in [0.1, 0.15) is 31.2 Å². The van der Waals surface area contributed by atoms with E-state index in [1.807, 2.05) is 0 Å². The van der Waals surface area contributed by atoms with Gasteiger partial charge < -0.3 is 10.2 Å². The summed E-state index contributed by atoms with van der Waals surface area (Å²) in [5.41, 5.74) is 1.51. The van der Waals surface area contributed by atoms with Crippen molar-refractivity contribution in [2.75, 3.05) is 26.2 Å². The molecule has 2 fully saturated rings. The first kappa shape index (κ1) is 13.1. The molecule has 3 rings (SSSR count). The van der Waals surface area contributed by atoms with Crippen LogP contribution in [0.15, 0.2) is 30.3 Å². The van der Waals surface area contributed by atoms with Crippen molar-refractivity contribution in [3.05, 3.63) is 35.9 Å². The molecule has 2 saturated heterocycles. The molecule has 0 saturated carbocycles. The van der Waals surface area contributed by atoms with Crippen LogP contribution in [0.2, 0.25) is 0 Å². The summed E-state index contributed by atoms with van der Waals surface area (Å²) in [6.45, 7) is 5.11. The number of hydrogen-bond acceptors (Lipinski definition) is 2. The maximum absolute atomic E-state index is 3.61. The Hall–Kier alpha value is -0.860. The summed E-state index contributed by atoms with van der Waals surface area (Å²) in [5.74, 6) is 0.898. The molecular weight excluding hydrogens is 232 g/mol. The van der Waals surface area contributed by atoms with Crippen LogP contribution in [0.5, 0.6) is 0 Å². The Bertz CT molecular complexity index is 362. The van der Waals surface area contributed by atoms with E-state index in [-0.39, 0.29) is 0 Å². The lowest BCUT2D eigenvalue weighted by atomic mass is 9.90. The van der Waals surface area contributed by atoms with Gasteiger partial charge in [-0.15, -0.1) is 0 Å². The SMILES string of the molecule is c1ccc(CC2CCN(CC3CCCN3)CC2)cc1. The molecule has 1 aromatic carbocycles. The molecule has 0 aliphatic carbocycles. The Morgan fingerprint density at radius 1 is 1.05 bits per heavy atom. The molecule has 2 nitrogen and oxygen atoms in total. The van der Waals surface area contributed by atoms with Gasteiger partial charge in [-0.1, -0.05) is 30.3 Å². The topological polar surface area (TPSA) is 15.3 Å². The van der Waals surface area contributed by atoms with E-state index < -0.39 is 0 Å². The fourth-order valence-electron chi connectivity index (χ4n) is 3.54. The second-order valence-electron chi connectivity index (χ2n) is 6.23. The Morgan fingerprint density at radius 3 is 2.53 bits per heavy atom. The quantitative estimate of drug-likeness (QED) is 0.893. The highest BCUT2D eigenvalue weighted by Crippen LogP contribution is 2.22. The van der Waals surface area contributed by atoms with Gasteiger partial charge in [0.2, 0.25) is 0 Å². The summed E-state index contributed by atoms with van der Waals surface area (Å²) < 4.78 is 0. The van der Waals surface area contributed by atoms with Crippen LogP contribution >= 0.6 is 0 Å². The largest absolute Gasteiger partial charge is 0.313 e. The molecule has 0 aromatic heterocycles. The predicted molar refractivity (Wildman–Crippen MR) is 80.3 cm³/mol. The number of hydrogen-bond donors (Lipinski definition) is 1. The van der Waals surface area contributed by atoms with Crippen molar-refractivity contribution >= 4 is 0 Å². The van der Waals surface area contributed by atoms with Crippen LogP contribution in [-0.2, 0) is 6.42 Å². The Labute approximate surface area is 117 Å². The molecule has 2 aliphatic heterocycles. The van der Waals surface area contributed by atoms with Gasteiger partial charge in [-0.2, -0.15) is 0 Å². The van der Waals surface area contributed by atoms with Crippen molar-refractivity contribution in [2.45, 2.75) is 38.1 Å². The molecule has 2 heterocycles. The molecule has 1 atom stereocenters. The van der Waals surface area contributed by atoms with E-state index in [0.29, 0.717) is 0 Å². The van der Waals surface area contributed by atoms with Crippen molar-refractivity contribution in [2.24, 2.45) is 5.92 Å². The number of piperidine rings is 1. The fourth-order valence-corrected chi connectivity index (χ4v) is 3.54. The van der Waals surface area contributed by atoms with E-state index in [4.69, 9.17) is 0 Å². The normalized spacial score (nSPS) is 25.8. The fraction of sp³-hybridized carbons (Fsp3) is 0.647. The highest BCUT2D eigenvalue weighted by atomic mass is 15.2. The third-order valence-electron chi connectivity index (χ3n) is 4.72. The molecular formula is C17H26N2. The Morgan fingerprint density at radius 2 is 1.84 bits per heavy atom. The minimum atomic E-state index is 0.769. The van der Waals surface area contributed by atoms with Crippen LogP contribution < -0.4 is 5.32 Å². The van der Waals surface area contributed by atoms with Crippen molar-refractivity contribution in [1.29, 1.82) is 0 Å². The maximum atomic E-state index is 3.61. The standard InChI is InChI=1S/C17H26N2/c1-2-5-15(6-3-1)13-16-8-11-19(12-9-16)14-17-7-4-10-18-17/h1-3,5-6,16-18H,4,7-14H2. The number of rotatable bonds is 4. The number of likely N-dealkylation sites (tertiary alicyclic amines) is 1. The highest BCUT2D eigenvalue weighted by Gasteiger charge is 2.23. The molecule has 0 radical (unpaired) electrons. The third-order valence-corrected chi connectivity index (χ3v) is 4.72. The minimum absolute atomic E-state index is 0.769. The van der Waals surface area contributed by atoms with Crippen molar-refractivity contribution in [3.63, 3.8) is 0 Å². The summed E-state index contributed by atoms with van der Waals surface area (Å²) in [4.78, 5) is 2.67. The lowest BCUT2D eigenvalue weighted by molar-refractivity contribution is 0.171. The third kappa shape index (κ3) is 3.80. The maximum Gasteiger partial charge on any atom is 0.0195 e. The molecule has 104 valence electrons. The number of nitrogens with zero attached hydrogens (tertiary/aromatic N) is 1. The van der Waals surface area contributed by atoms with Gasteiger partial charge in [0.1, 0.15) is 0 Å². The van der Waals surface area contributed by atoms with E-state index in [2.05, 4.69) is 40.5 Å². The molecule has 0 amide bonds. The van der Waals surface area contributed by atoms with Crippen LogP contribution in [0, 0.1) is 5.92 Å². The molecule has 19 heavy (non-hydrogen) atoms. The van der Waals surface area contributed by atoms with Gasteiger partial charge in [0, 0.05) is 12.6 Å². The molecule has 1 unspecified atom stereocenters. The van der Waals surface area contributed by atoms with Gasteiger partial charge in [0.25, 0.3) is 0 Å². The summed E-state index contributed by atoms with van der Waals surface area (Å²) >= 11 is 0. The lowest BCUT2D eigenvalue weighted by Gasteiger charge is -2.33. The molecule has 0 spiro atoms. The minimum Gasteiger partial charge on any atom is -0.313 e. The molecule has 2 heteroatoms. The second-order valence-corrected chi connectivity index (χ2v) is 6.23. The van der Waals surface area contributed by atoms with E-state index in [1.54, 1.807) is 0 Å². The van der Waals surface area contributed by atoms with E-state index in [0.717, 1.165) is 12.0 Å². The zero-order chi connectivity index (χ0) is 12.9. The molecule has 1 N–H and O–H groups in total. The van der Waals surface area contributed by atoms with E-state index in [1.165, 1.54) is 63.8 Å². The smallest absolute Gasteiger partial charge is 0.0195 e. The zero-order valence-electron chi connectivity index (χ0n) is 11.9. The first-order chi connectivity index (χ1) is 9.40. The van der Waals surface area contributed by atoms with Crippen LogP contribution in [-0.4, -0.2) is 37.1 Å². The summed E-state index contributed by atoms with van der Waals surface area (Å²) in [5, 5.41) is 3.61. The van der Waals surface area contributed by atoms with Gasteiger partial charge in [0.05, 0.1) is 0 Å². The van der Waals surface area contributed by atoms with Crippen LogP contribution in [0.25, 0.3) is 0 Å². The summed E-state index contributed by atoms with van der Waals surface area (Å²) in [6.07, 6.45) is 6.78. The van der Waals surface area contributed by atoms with E-state index >= 15 is 0 Å². The van der Waals surface area contributed by atoms with Gasteiger partial charge in [0.15, 0.2) is 0 Å². The van der Waals surface area contributed by atoms with Gasteiger partial charge in [-0.3, -0.25) is 0 Å². The van der Waals surface area contributed by atoms with Crippen molar-refractivity contribution in [3.8, 4) is 0 Å². The first-order valence-corrected chi connectivity index (χ1v) is 7.90.